The van der Waals surface area contributed by atoms with Crippen LogP contribution in [0.25, 0.3) is 0 Å². The number of ether oxygens (including phenoxy) is 2. The minimum absolute atomic E-state index is 0.0417. The summed E-state index contributed by atoms with van der Waals surface area (Å²) >= 11 is 0. The molecular weight excluding hydrogens is 353 g/mol. The molecular formula is C20H26FNO5. The largest absolute Gasteiger partial charge is 0.465 e. The third-order valence-corrected chi connectivity index (χ3v) is 4.62. The SMILES string of the molecule is COC(=O)c1c(C)cc(C2CCN(C(=O)OC(C)(C)C)CC2)c(F)c1C=O. The first-order valence-electron chi connectivity index (χ1n) is 8.93. The highest BCUT2D eigenvalue weighted by atomic mass is 19.1. The number of hydrogen-bond acceptors (Lipinski definition) is 5. The summed E-state index contributed by atoms with van der Waals surface area (Å²) in [5.74, 6) is -1.57. The molecule has 1 amide bonds. The summed E-state index contributed by atoms with van der Waals surface area (Å²) in [6.45, 7) is 7.94. The molecule has 0 atom stereocenters. The predicted molar refractivity (Wildman–Crippen MR) is 97.6 cm³/mol. The summed E-state index contributed by atoms with van der Waals surface area (Å²) in [7, 11) is 1.19. The van der Waals surface area contributed by atoms with Gasteiger partial charge in [0.2, 0.25) is 0 Å². The number of methoxy groups -OCH3 is 1. The Morgan fingerprint density at radius 2 is 1.85 bits per heavy atom. The van der Waals surface area contributed by atoms with Crippen LogP contribution in [0.3, 0.4) is 0 Å². The Bertz CT molecular complexity index is 746. The number of hydrogen-bond donors (Lipinski definition) is 0. The van der Waals surface area contributed by atoms with Crippen LogP contribution >= 0.6 is 0 Å². The van der Waals surface area contributed by atoms with Crippen molar-refractivity contribution >= 4 is 18.3 Å². The summed E-state index contributed by atoms with van der Waals surface area (Å²) in [5, 5.41) is 0. The number of likely N-dealkylation sites (tertiary alicyclic amines) is 1. The van der Waals surface area contributed by atoms with Crippen molar-refractivity contribution in [1.82, 2.24) is 4.90 Å². The van der Waals surface area contributed by atoms with E-state index >= 15 is 0 Å². The fourth-order valence-electron chi connectivity index (χ4n) is 3.33. The van der Waals surface area contributed by atoms with Crippen molar-refractivity contribution in [2.24, 2.45) is 0 Å². The van der Waals surface area contributed by atoms with Gasteiger partial charge in [0.25, 0.3) is 0 Å². The lowest BCUT2D eigenvalue weighted by molar-refractivity contribution is 0.0204. The van der Waals surface area contributed by atoms with Gasteiger partial charge in [0.15, 0.2) is 6.29 Å². The van der Waals surface area contributed by atoms with Gasteiger partial charge in [0.1, 0.15) is 11.4 Å². The lowest BCUT2D eigenvalue weighted by Gasteiger charge is -2.34. The van der Waals surface area contributed by atoms with E-state index in [9.17, 15) is 18.8 Å². The molecule has 1 saturated heterocycles. The smallest absolute Gasteiger partial charge is 0.410 e. The van der Waals surface area contributed by atoms with E-state index in [1.807, 2.05) is 0 Å². The Kier molecular flexibility index (Phi) is 6.23. The van der Waals surface area contributed by atoms with Crippen molar-refractivity contribution in [3.8, 4) is 0 Å². The topological polar surface area (TPSA) is 72.9 Å². The average Bonchev–Trinajstić information content (AvgIpc) is 2.61. The standard InChI is InChI=1S/C20H26FNO5/c1-12-10-14(17(21)15(11-23)16(12)18(24)26-5)13-6-8-22(9-7-13)19(25)27-20(2,3)4/h10-11,13H,6-9H2,1-5H3. The molecule has 7 heteroatoms. The number of esters is 1. The highest BCUT2D eigenvalue weighted by molar-refractivity contribution is 6.00. The van der Waals surface area contributed by atoms with Gasteiger partial charge < -0.3 is 14.4 Å². The second kappa shape index (κ2) is 8.06. The van der Waals surface area contributed by atoms with Crippen LogP contribution in [0.5, 0.6) is 0 Å². The van der Waals surface area contributed by atoms with Crippen LogP contribution in [0.2, 0.25) is 0 Å². The first-order valence-corrected chi connectivity index (χ1v) is 8.93. The third-order valence-electron chi connectivity index (χ3n) is 4.62. The maximum atomic E-state index is 14.9. The Hall–Kier alpha value is -2.44. The van der Waals surface area contributed by atoms with Crippen molar-refractivity contribution in [3.63, 3.8) is 0 Å². The lowest BCUT2D eigenvalue weighted by Crippen LogP contribution is -2.41. The number of halogens is 1. The van der Waals surface area contributed by atoms with Gasteiger partial charge in [0.05, 0.1) is 18.2 Å². The molecule has 1 aliphatic heterocycles. The van der Waals surface area contributed by atoms with Crippen molar-refractivity contribution in [3.05, 3.63) is 34.1 Å². The fourth-order valence-corrected chi connectivity index (χ4v) is 3.33. The molecule has 0 N–H and O–H groups in total. The van der Waals surface area contributed by atoms with Crippen LogP contribution in [0.4, 0.5) is 9.18 Å². The molecule has 1 aromatic rings. The lowest BCUT2D eigenvalue weighted by atomic mass is 9.85. The normalized spacial score (nSPS) is 15.4. The molecule has 0 saturated carbocycles. The van der Waals surface area contributed by atoms with Crippen molar-refractivity contribution in [2.75, 3.05) is 20.2 Å². The highest BCUT2D eigenvalue weighted by Gasteiger charge is 2.31. The van der Waals surface area contributed by atoms with Crippen LogP contribution in [0.1, 0.15) is 71.4 Å². The number of aryl methyl sites for hydroxylation is 1. The van der Waals surface area contributed by atoms with Crippen LogP contribution in [0.15, 0.2) is 6.07 Å². The van der Waals surface area contributed by atoms with Crippen molar-refractivity contribution in [1.29, 1.82) is 0 Å². The minimum atomic E-state index is -0.736. The number of carbonyl (C=O) groups excluding carboxylic acids is 3. The molecule has 0 spiro atoms. The summed E-state index contributed by atoms with van der Waals surface area (Å²) in [6.07, 6.45) is 1.07. The Labute approximate surface area is 158 Å². The van der Waals surface area contributed by atoms with E-state index in [4.69, 9.17) is 4.74 Å². The van der Waals surface area contributed by atoms with E-state index in [0.717, 1.165) is 0 Å². The number of benzene rings is 1. The van der Waals surface area contributed by atoms with Gasteiger partial charge in [-0.05, 0) is 57.6 Å². The predicted octanol–water partition coefficient (Wildman–Crippen LogP) is 3.85. The first-order chi connectivity index (χ1) is 12.6. The molecule has 0 aromatic heterocycles. The molecule has 0 bridgehead atoms. The summed E-state index contributed by atoms with van der Waals surface area (Å²) in [6, 6.07) is 1.60. The summed E-state index contributed by atoms with van der Waals surface area (Å²) in [4.78, 5) is 37.1. The summed E-state index contributed by atoms with van der Waals surface area (Å²) in [5.41, 5.74) is 0.00656. The van der Waals surface area contributed by atoms with Gasteiger partial charge >= 0.3 is 12.1 Å². The van der Waals surface area contributed by atoms with Crippen LogP contribution in [-0.2, 0) is 9.47 Å². The number of nitrogens with zero attached hydrogens (tertiary/aromatic N) is 1. The van der Waals surface area contributed by atoms with E-state index in [1.165, 1.54) is 7.11 Å². The van der Waals surface area contributed by atoms with E-state index < -0.39 is 17.4 Å². The van der Waals surface area contributed by atoms with Crippen LogP contribution in [0, 0.1) is 12.7 Å². The molecule has 0 radical (unpaired) electrons. The molecule has 148 valence electrons. The summed E-state index contributed by atoms with van der Waals surface area (Å²) < 4.78 is 25.0. The minimum Gasteiger partial charge on any atom is -0.465 e. The molecule has 1 aliphatic rings. The van der Waals surface area contributed by atoms with Gasteiger partial charge in [-0.25, -0.2) is 14.0 Å². The zero-order chi connectivity index (χ0) is 20.4. The van der Waals surface area contributed by atoms with Crippen LogP contribution < -0.4 is 0 Å². The molecule has 1 aromatic carbocycles. The van der Waals surface area contributed by atoms with Gasteiger partial charge in [0, 0.05) is 13.1 Å². The maximum Gasteiger partial charge on any atom is 0.410 e. The molecule has 27 heavy (non-hydrogen) atoms. The third kappa shape index (κ3) is 4.64. The monoisotopic (exact) mass is 379 g/mol. The number of piperidine rings is 1. The van der Waals surface area contributed by atoms with Crippen LogP contribution in [-0.4, -0.2) is 49.0 Å². The Balaban J connectivity index is 2.21. The maximum absolute atomic E-state index is 14.9. The second-order valence-electron chi connectivity index (χ2n) is 7.74. The van der Waals surface area contributed by atoms with Gasteiger partial charge in [-0.2, -0.15) is 0 Å². The molecule has 1 fully saturated rings. The zero-order valence-electron chi connectivity index (χ0n) is 16.4. The number of aldehydes is 1. The Morgan fingerprint density at radius 1 is 1.26 bits per heavy atom. The highest BCUT2D eigenvalue weighted by Crippen LogP contribution is 2.34. The average molecular weight is 379 g/mol. The zero-order valence-corrected chi connectivity index (χ0v) is 16.4. The van der Waals surface area contributed by atoms with E-state index in [2.05, 4.69) is 4.74 Å². The number of rotatable bonds is 3. The van der Waals surface area contributed by atoms with E-state index in [0.29, 0.717) is 43.3 Å². The molecule has 0 aliphatic carbocycles. The quantitative estimate of drug-likeness (QED) is 0.589. The Morgan fingerprint density at radius 3 is 2.33 bits per heavy atom. The number of amides is 1. The second-order valence-corrected chi connectivity index (χ2v) is 7.74. The van der Waals surface area contributed by atoms with Crippen molar-refractivity contribution in [2.45, 2.75) is 52.1 Å². The molecule has 6 nitrogen and oxygen atoms in total. The van der Waals surface area contributed by atoms with E-state index in [1.54, 1.807) is 38.7 Å². The van der Waals surface area contributed by atoms with Gasteiger partial charge in [-0.1, -0.05) is 6.07 Å². The van der Waals surface area contributed by atoms with E-state index in [-0.39, 0.29) is 23.1 Å². The van der Waals surface area contributed by atoms with Crippen molar-refractivity contribution < 1.29 is 28.2 Å². The molecule has 0 unspecified atom stereocenters. The molecule has 1 heterocycles. The fraction of sp³-hybridized carbons (Fsp3) is 0.550. The first kappa shape index (κ1) is 20.9. The number of carbonyl (C=O) groups is 3. The van der Waals surface area contributed by atoms with Gasteiger partial charge in [-0.3, -0.25) is 4.79 Å². The molecule has 2 rings (SSSR count). The van der Waals surface area contributed by atoms with Gasteiger partial charge in [-0.15, -0.1) is 0 Å².